The van der Waals surface area contributed by atoms with E-state index in [2.05, 4.69) is 0 Å². The van der Waals surface area contributed by atoms with Crippen LogP contribution in [0.2, 0.25) is 0 Å². The van der Waals surface area contributed by atoms with Crippen molar-refractivity contribution in [2.45, 2.75) is 64.7 Å². The predicted molar refractivity (Wildman–Crippen MR) is 105 cm³/mol. The summed E-state index contributed by atoms with van der Waals surface area (Å²) >= 11 is 5.65. The molecule has 0 amide bonds. The summed E-state index contributed by atoms with van der Waals surface area (Å²) in [6.07, 6.45) is 9.89. The monoisotopic (exact) mass is 382 g/mol. The SMILES string of the molecule is CCCOC(=O)c1cccc(C(=O)OCCCCCCCCCCCl)c1. The molecule has 0 heterocycles. The molecule has 1 aromatic carbocycles. The fourth-order valence-corrected chi connectivity index (χ4v) is 2.75. The van der Waals surface area contributed by atoms with Crippen molar-refractivity contribution in [2.24, 2.45) is 0 Å². The van der Waals surface area contributed by atoms with E-state index in [1.54, 1.807) is 18.2 Å². The Hall–Kier alpha value is -1.55. The van der Waals surface area contributed by atoms with Gasteiger partial charge in [-0.25, -0.2) is 9.59 Å². The molecule has 0 saturated heterocycles. The number of carbonyl (C=O) groups excluding carboxylic acids is 2. The van der Waals surface area contributed by atoms with E-state index in [-0.39, 0.29) is 0 Å². The zero-order valence-corrected chi connectivity index (χ0v) is 16.6. The quantitative estimate of drug-likeness (QED) is 0.233. The summed E-state index contributed by atoms with van der Waals surface area (Å²) in [6.45, 7) is 2.72. The van der Waals surface area contributed by atoms with Crippen molar-refractivity contribution in [3.05, 3.63) is 35.4 Å². The highest BCUT2D eigenvalue weighted by Gasteiger charge is 2.12. The molecule has 1 rings (SSSR count). The Morgan fingerprint density at radius 2 is 1.31 bits per heavy atom. The van der Waals surface area contributed by atoms with Crippen molar-refractivity contribution in [1.82, 2.24) is 0 Å². The summed E-state index contributed by atoms with van der Waals surface area (Å²) in [7, 11) is 0. The summed E-state index contributed by atoms with van der Waals surface area (Å²) in [5.41, 5.74) is 0.761. The van der Waals surface area contributed by atoms with Crippen LogP contribution in [0.25, 0.3) is 0 Å². The van der Waals surface area contributed by atoms with Gasteiger partial charge in [0.05, 0.1) is 24.3 Å². The number of benzene rings is 1. The maximum Gasteiger partial charge on any atom is 0.338 e. The molecule has 0 saturated carbocycles. The Morgan fingerprint density at radius 3 is 1.85 bits per heavy atom. The van der Waals surface area contributed by atoms with Gasteiger partial charge in [-0.05, 0) is 37.5 Å². The minimum atomic E-state index is -0.410. The number of unbranched alkanes of at least 4 members (excludes halogenated alkanes) is 7. The molecule has 1 aromatic rings. The van der Waals surface area contributed by atoms with Crippen LogP contribution >= 0.6 is 11.6 Å². The van der Waals surface area contributed by atoms with E-state index in [1.807, 2.05) is 6.92 Å². The summed E-state index contributed by atoms with van der Waals surface area (Å²) < 4.78 is 10.4. The molecule has 26 heavy (non-hydrogen) atoms. The molecule has 0 unspecified atom stereocenters. The Kier molecular flexibility index (Phi) is 12.6. The molecule has 0 aliphatic rings. The Balaban J connectivity index is 2.20. The molecule has 146 valence electrons. The van der Waals surface area contributed by atoms with E-state index >= 15 is 0 Å². The lowest BCUT2D eigenvalue weighted by atomic mass is 10.1. The average Bonchev–Trinajstić information content (AvgIpc) is 2.67. The maximum absolute atomic E-state index is 12.1. The second-order valence-electron chi connectivity index (χ2n) is 6.37. The fourth-order valence-electron chi connectivity index (χ4n) is 2.56. The van der Waals surface area contributed by atoms with Crippen molar-refractivity contribution in [3.63, 3.8) is 0 Å². The second-order valence-corrected chi connectivity index (χ2v) is 6.75. The Bertz CT molecular complexity index is 530. The van der Waals surface area contributed by atoms with Crippen molar-refractivity contribution in [1.29, 1.82) is 0 Å². The molecule has 0 aliphatic heterocycles. The molecular formula is C21H31ClO4. The summed E-state index contributed by atoms with van der Waals surface area (Å²) in [6, 6.07) is 6.49. The van der Waals surface area contributed by atoms with Gasteiger partial charge in [0.15, 0.2) is 0 Å². The maximum atomic E-state index is 12.1. The first kappa shape index (κ1) is 22.5. The first-order chi connectivity index (χ1) is 12.7. The molecule has 0 atom stereocenters. The van der Waals surface area contributed by atoms with Gasteiger partial charge in [0, 0.05) is 5.88 Å². The van der Waals surface area contributed by atoms with Gasteiger partial charge in [0.1, 0.15) is 0 Å². The van der Waals surface area contributed by atoms with E-state index in [0.717, 1.165) is 38.0 Å². The molecule has 0 N–H and O–H groups in total. The van der Waals surface area contributed by atoms with E-state index in [4.69, 9.17) is 21.1 Å². The zero-order valence-electron chi connectivity index (χ0n) is 15.8. The summed E-state index contributed by atoms with van der Waals surface area (Å²) in [5, 5.41) is 0. The molecule has 0 radical (unpaired) electrons. The van der Waals surface area contributed by atoms with Gasteiger partial charge < -0.3 is 9.47 Å². The van der Waals surface area contributed by atoms with E-state index in [0.29, 0.717) is 24.3 Å². The van der Waals surface area contributed by atoms with Crippen LogP contribution < -0.4 is 0 Å². The van der Waals surface area contributed by atoms with Gasteiger partial charge in [-0.3, -0.25) is 0 Å². The Labute approximate surface area is 162 Å². The van der Waals surface area contributed by atoms with Crippen molar-refractivity contribution < 1.29 is 19.1 Å². The molecule has 0 aliphatic carbocycles. The lowest BCUT2D eigenvalue weighted by molar-refractivity contribution is 0.0497. The zero-order chi connectivity index (χ0) is 19.0. The van der Waals surface area contributed by atoms with Gasteiger partial charge in [-0.15, -0.1) is 11.6 Å². The largest absolute Gasteiger partial charge is 0.462 e. The lowest BCUT2D eigenvalue weighted by Crippen LogP contribution is -2.10. The van der Waals surface area contributed by atoms with Crippen molar-refractivity contribution in [3.8, 4) is 0 Å². The highest BCUT2D eigenvalue weighted by molar-refractivity contribution is 6.17. The molecule has 4 nitrogen and oxygen atoms in total. The molecule has 0 bridgehead atoms. The third-order valence-electron chi connectivity index (χ3n) is 4.03. The van der Waals surface area contributed by atoms with Crippen LogP contribution in [0.5, 0.6) is 0 Å². The fraction of sp³-hybridized carbons (Fsp3) is 0.619. The Morgan fingerprint density at radius 1 is 0.808 bits per heavy atom. The van der Waals surface area contributed by atoms with Crippen LogP contribution in [0.15, 0.2) is 24.3 Å². The predicted octanol–water partition coefficient (Wildman–Crippen LogP) is 5.77. The minimum Gasteiger partial charge on any atom is -0.462 e. The normalized spacial score (nSPS) is 10.5. The van der Waals surface area contributed by atoms with Gasteiger partial charge in [-0.1, -0.05) is 51.5 Å². The number of carbonyl (C=O) groups is 2. The first-order valence-corrected chi connectivity index (χ1v) is 10.2. The van der Waals surface area contributed by atoms with Crippen LogP contribution in [0.1, 0.15) is 85.4 Å². The van der Waals surface area contributed by atoms with Gasteiger partial charge in [0.25, 0.3) is 0 Å². The lowest BCUT2D eigenvalue weighted by Gasteiger charge is -2.07. The third-order valence-corrected chi connectivity index (χ3v) is 4.30. The average molecular weight is 383 g/mol. The van der Waals surface area contributed by atoms with Crippen LogP contribution in [-0.4, -0.2) is 31.0 Å². The number of hydrogen-bond acceptors (Lipinski definition) is 4. The number of alkyl halides is 1. The van der Waals surface area contributed by atoms with Crippen LogP contribution in [0.3, 0.4) is 0 Å². The first-order valence-electron chi connectivity index (χ1n) is 9.69. The van der Waals surface area contributed by atoms with Gasteiger partial charge >= 0.3 is 11.9 Å². The molecule has 0 fully saturated rings. The van der Waals surface area contributed by atoms with Crippen molar-refractivity contribution in [2.75, 3.05) is 19.1 Å². The number of halogens is 1. The highest BCUT2D eigenvalue weighted by atomic mass is 35.5. The van der Waals surface area contributed by atoms with Crippen LogP contribution in [-0.2, 0) is 9.47 Å². The van der Waals surface area contributed by atoms with Crippen LogP contribution in [0.4, 0.5) is 0 Å². The summed E-state index contributed by atoms with van der Waals surface area (Å²) in [4.78, 5) is 23.9. The molecule has 0 aromatic heterocycles. The second kappa shape index (κ2) is 14.6. The standard InChI is InChI=1S/C21H31ClO4/c1-2-15-25-20(23)18-12-11-13-19(17-18)21(24)26-16-10-8-6-4-3-5-7-9-14-22/h11-13,17H,2-10,14-16H2,1H3. The van der Waals surface area contributed by atoms with E-state index < -0.39 is 11.9 Å². The van der Waals surface area contributed by atoms with Gasteiger partial charge in [-0.2, -0.15) is 0 Å². The molecule has 5 heteroatoms. The number of ether oxygens (including phenoxy) is 2. The third kappa shape index (κ3) is 9.81. The van der Waals surface area contributed by atoms with E-state index in [9.17, 15) is 9.59 Å². The summed E-state index contributed by atoms with van der Waals surface area (Å²) in [5.74, 6) is -0.0439. The highest BCUT2D eigenvalue weighted by Crippen LogP contribution is 2.11. The number of hydrogen-bond donors (Lipinski definition) is 0. The topological polar surface area (TPSA) is 52.6 Å². The number of rotatable bonds is 14. The van der Waals surface area contributed by atoms with Crippen LogP contribution in [0, 0.1) is 0 Å². The molecule has 0 spiro atoms. The minimum absolute atomic E-state index is 0.375. The van der Waals surface area contributed by atoms with E-state index in [1.165, 1.54) is 31.7 Å². The van der Waals surface area contributed by atoms with Crippen molar-refractivity contribution >= 4 is 23.5 Å². The smallest absolute Gasteiger partial charge is 0.338 e. The molecular weight excluding hydrogens is 352 g/mol. The number of esters is 2. The van der Waals surface area contributed by atoms with Gasteiger partial charge in [0.2, 0.25) is 0 Å².